The number of aldehydes is 1. The fourth-order valence-electron chi connectivity index (χ4n) is 4.01. The topological polar surface area (TPSA) is 133 Å². The number of methoxy groups -OCH3 is 1. The summed E-state index contributed by atoms with van der Waals surface area (Å²) in [6, 6.07) is 7.36. The Bertz CT molecular complexity index is 1140. The SMILES string of the molecule is CNCC(=O)N1CCN(c2c(F)cc(N3CC(CNC(=O)OC)OC3=O)cc2F)CC1.O=Cc1ccccn1. The third-order valence-electron chi connectivity index (χ3n) is 5.93. The Balaban J connectivity index is 0.000000449. The molecule has 0 spiro atoms. The van der Waals surface area contributed by atoms with Crippen LogP contribution in [0.5, 0.6) is 0 Å². The first-order valence-corrected chi connectivity index (χ1v) is 12.1. The van der Waals surface area contributed by atoms with Crippen molar-refractivity contribution < 1.29 is 37.4 Å². The first kappa shape index (κ1) is 29.2. The van der Waals surface area contributed by atoms with Crippen molar-refractivity contribution in [2.45, 2.75) is 6.10 Å². The van der Waals surface area contributed by atoms with E-state index in [0.29, 0.717) is 18.8 Å². The highest BCUT2D eigenvalue weighted by atomic mass is 19.1. The number of cyclic esters (lactones) is 1. The molecule has 3 heterocycles. The van der Waals surface area contributed by atoms with Gasteiger partial charge < -0.3 is 29.9 Å². The molecule has 39 heavy (non-hydrogen) atoms. The van der Waals surface area contributed by atoms with Gasteiger partial charge >= 0.3 is 12.2 Å². The summed E-state index contributed by atoms with van der Waals surface area (Å²) in [4.78, 5) is 53.2. The number of pyridine rings is 1. The normalized spacial score (nSPS) is 16.7. The minimum Gasteiger partial charge on any atom is -0.453 e. The lowest BCUT2D eigenvalue weighted by Crippen LogP contribution is -2.51. The fourth-order valence-corrected chi connectivity index (χ4v) is 4.01. The van der Waals surface area contributed by atoms with Gasteiger partial charge in [0.2, 0.25) is 5.91 Å². The molecule has 2 saturated heterocycles. The van der Waals surface area contributed by atoms with Crippen molar-refractivity contribution >= 4 is 35.8 Å². The average molecular weight is 549 g/mol. The predicted octanol–water partition coefficient (Wildman–Crippen LogP) is 1.41. The number of hydrogen-bond donors (Lipinski definition) is 2. The molecular weight excluding hydrogens is 518 g/mol. The van der Waals surface area contributed by atoms with Crippen LogP contribution in [-0.2, 0) is 14.3 Å². The van der Waals surface area contributed by atoms with Gasteiger partial charge in [-0.15, -0.1) is 0 Å². The molecule has 1 aromatic heterocycles. The summed E-state index contributed by atoms with van der Waals surface area (Å²) in [5.74, 6) is -1.69. The molecule has 2 aliphatic rings. The van der Waals surface area contributed by atoms with E-state index in [2.05, 4.69) is 20.4 Å². The lowest BCUT2D eigenvalue weighted by molar-refractivity contribution is -0.130. The largest absolute Gasteiger partial charge is 0.453 e. The van der Waals surface area contributed by atoms with Crippen LogP contribution < -0.4 is 20.4 Å². The van der Waals surface area contributed by atoms with E-state index in [1.54, 1.807) is 41.2 Å². The molecule has 2 aromatic rings. The molecule has 1 unspecified atom stereocenters. The number of carbonyl (C=O) groups is 4. The van der Waals surface area contributed by atoms with E-state index in [1.165, 1.54) is 7.11 Å². The molecule has 1 atom stereocenters. The summed E-state index contributed by atoms with van der Waals surface area (Å²) in [5.41, 5.74) is 0.306. The van der Waals surface area contributed by atoms with Gasteiger partial charge in [-0.2, -0.15) is 0 Å². The number of amides is 3. The first-order valence-electron chi connectivity index (χ1n) is 12.1. The Labute approximate surface area is 223 Å². The van der Waals surface area contributed by atoms with Gasteiger partial charge in [0.15, 0.2) is 17.9 Å². The van der Waals surface area contributed by atoms with Crippen molar-refractivity contribution in [3.8, 4) is 0 Å². The van der Waals surface area contributed by atoms with Crippen LogP contribution in [0.2, 0.25) is 0 Å². The highest BCUT2D eigenvalue weighted by Gasteiger charge is 2.34. The fraction of sp³-hybridized carbons (Fsp3) is 0.400. The predicted molar refractivity (Wildman–Crippen MR) is 137 cm³/mol. The van der Waals surface area contributed by atoms with Gasteiger partial charge in [-0.1, -0.05) is 6.07 Å². The Morgan fingerprint density at radius 2 is 1.87 bits per heavy atom. The van der Waals surface area contributed by atoms with Crippen molar-refractivity contribution in [3.63, 3.8) is 0 Å². The minimum atomic E-state index is -0.811. The monoisotopic (exact) mass is 548 g/mol. The molecule has 14 heteroatoms. The number of anilines is 2. The molecule has 12 nitrogen and oxygen atoms in total. The molecule has 4 rings (SSSR count). The number of carbonyl (C=O) groups excluding carboxylic acids is 4. The van der Waals surface area contributed by atoms with Gasteiger partial charge in [0.05, 0.1) is 32.4 Å². The van der Waals surface area contributed by atoms with E-state index < -0.39 is 29.9 Å². The maximum absolute atomic E-state index is 14.8. The van der Waals surface area contributed by atoms with E-state index in [0.717, 1.165) is 23.3 Å². The van der Waals surface area contributed by atoms with E-state index in [-0.39, 0.29) is 50.0 Å². The molecular formula is C25H30F2N6O6. The molecule has 0 radical (unpaired) electrons. The average Bonchev–Trinajstić information content (AvgIpc) is 3.33. The first-order chi connectivity index (χ1) is 18.8. The van der Waals surface area contributed by atoms with Gasteiger partial charge in [-0.25, -0.2) is 18.4 Å². The van der Waals surface area contributed by atoms with E-state index in [9.17, 15) is 28.0 Å². The molecule has 2 aliphatic heterocycles. The molecule has 1 aromatic carbocycles. The van der Waals surface area contributed by atoms with Crippen molar-refractivity contribution in [2.24, 2.45) is 0 Å². The molecule has 0 bridgehead atoms. The summed E-state index contributed by atoms with van der Waals surface area (Å²) in [6.07, 6.45) is 0.188. The van der Waals surface area contributed by atoms with Crippen LogP contribution in [0.3, 0.4) is 0 Å². The zero-order valence-electron chi connectivity index (χ0n) is 21.6. The molecule has 2 N–H and O–H groups in total. The summed E-state index contributed by atoms with van der Waals surface area (Å²) in [6.45, 7) is 1.52. The number of nitrogens with zero attached hydrogens (tertiary/aromatic N) is 4. The highest BCUT2D eigenvalue weighted by Crippen LogP contribution is 2.31. The highest BCUT2D eigenvalue weighted by molar-refractivity contribution is 5.90. The number of piperazine rings is 1. The van der Waals surface area contributed by atoms with Crippen LogP contribution in [0.1, 0.15) is 10.5 Å². The van der Waals surface area contributed by atoms with Crippen molar-refractivity contribution in [1.82, 2.24) is 20.5 Å². The van der Waals surface area contributed by atoms with Crippen LogP contribution in [0.25, 0.3) is 0 Å². The smallest absolute Gasteiger partial charge is 0.414 e. The molecule has 0 aliphatic carbocycles. The number of likely N-dealkylation sites (N-methyl/N-ethyl adjacent to an activating group) is 1. The van der Waals surface area contributed by atoms with Gasteiger partial charge in [0.1, 0.15) is 17.5 Å². The van der Waals surface area contributed by atoms with Crippen LogP contribution in [-0.4, -0.2) is 100 Å². The lowest BCUT2D eigenvalue weighted by Gasteiger charge is -2.36. The number of benzene rings is 1. The van der Waals surface area contributed by atoms with Crippen LogP contribution >= 0.6 is 0 Å². The molecule has 3 amide bonds. The number of alkyl carbamates (subject to hydrolysis) is 1. The zero-order chi connectivity index (χ0) is 28.4. The Morgan fingerprint density at radius 1 is 1.18 bits per heavy atom. The maximum Gasteiger partial charge on any atom is 0.414 e. The third-order valence-corrected chi connectivity index (χ3v) is 5.93. The summed E-state index contributed by atoms with van der Waals surface area (Å²) in [7, 11) is 2.88. The lowest BCUT2D eigenvalue weighted by atomic mass is 10.2. The zero-order valence-corrected chi connectivity index (χ0v) is 21.6. The number of nitrogens with one attached hydrogen (secondary N) is 2. The van der Waals surface area contributed by atoms with Crippen molar-refractivity contribution in [1.29, 1.82) is 0 Å². The summed E-state index contributed by atoms with van der Waals surface area (Å²) in [5, 5.41) is 5.20. The van der Waals surface area contributed by atoms with Gasteiger partial charge in [0.25, 0.3) is 0 Å². The Kier molecular flexibility index (Phi) is 10.5. The minimum absolute atomic E-state index is 0.00844. The Morgan fingerprint density at radius 3 is 2.41 bits per heavy atom. The number of halogens is 2. The summed E-state index contributed by atoms with van der Waals surface area (Å²) >= 11 is 0. The molecule has 2 fully saturated rings. The Hall–Kier alpha value is -4.33. The van der Waals surface area contributed by atoms with Gasteiger partial charge in [-0.05, 0) is 19.2 Å². The third kappa shape index (κ3) is 7.83. The van der Waals surface area contributed by atoms with Crippen LogP contribution in [0.4, 0.5) is 29.7 Å². The van der Waals surface area contributed by atoms with E-state index in [4.69, 9.17) is 4.74 Å². The maximum atomic E-state index is 14.8. The van der Waals surface area contributed by atoms with Crippen molar-refractivity contribution in [3.05, 3.63) is 53.9 Å². The number of ether oxygens (including phenoxy) is 2. The van der Waals surface area contributed by atoms with Crippen molar-refractivity contribution in [2.75, 3.05) is 69.8 Å². The number of rotatable bonds is 7. The van der Waals surface area contributed by atoms with Gasteiger partial charge in [0, 0.05) is 44.5 Å². The molecule has 0 saturated carbocycles. The van der Waals surface area contributed by atoms with Crippen LogP contribution in [0.15, 0.2) is 36.5 Å². The second-order valence-electron chi connectivity index (χ2n) is 8.52. The summed E-state index contributed by atoms with van der Waals surface area (Å²) < 4.78 is 39.2. The number of aromatic nitrogens is 1. The quantitative estimate of drug-likeness (QED) is 0.493. The number of hydrogen-bond acceptors (Lipinski definition) is 9. The second kappa shape index (κ2) is 14.0. The van der Waals surface area contributed by atoms with E-state index >= 15 is 0 Å². The second-order valence-corrected chi connectivity index (χ2v) is 8.52. The van der Waals surface area contributed by atoms with Gasteiger partial charge in [-0.3, -0.25) is 19.5 Å². The molecule has 210 valence electrons. The van der Waals surface area contributed by atoms with Crippen LogP contribution in [0, 0.1) is 11.6 Å². The standard InChI is InChI=1S/C19H25F2N5O5.C6H5NO/c1-22-10-16(27)24-3-5-25(6-4-24)17-14(20)7-12(8-15(17)21)26-11-13(31-19(26)29)9-23-18(28)30-2;8-5-6-3-1-2-4-7-6/h7-8,13,22H,3-6,9-11H2,1-2H3,(H,23,28);1-5H. The van der Waals surface area contributed by atoms with E-state index in [1.807, 2.05) is 0 Å².